The number of thiazole rings is 1. The van der Waals surface area contributed by atoms with Gasteiger partial charge in [-0.1, -0.05) is 13.8 Å². The first-order valence-electron chi connectivity index (χ1n) is 7.00. The molecule has 0 amide bonds. The minimum atomic E-state index is 0.347. The molecular formula is C14H25N3S2. The molecule has 0 saturated carbocycles. The zero-order valence-corrected chi connectivity index (χ0v) is 14.0. The van der Waals surface area contributed by atoms with Crippen LogP contribution in [0.5, 0.6) is 0 Å². The largest absolute Gasteiger partial charge is 0.346 e. The van der Waals surface area contributed by atoms with Gasteiger partial charge < -0.3 is 10.2 Å². The average molecular weight is 300 g/mol. The van der Waals surface area contributed by atoms with E-state index in [9.17, 15) is 0 Å². The molecule has 2 heterocycles. The highest BCUT2D eigenvalue weighted by molar-refractivity contribution is 8.00. The molecule has 1 fully saturated rings. The molecule has 0 unspecified atom stereocenters. The van der Waals surface area contributed by atoms with E-state index in [1.54, 1.807) is 11.3 Å². The van der Waals surface area contributed by atoms with Crippen molar-refractivity contribution in [2.75, 3.05) is 30.3 Å². The van der Waals surface area contributed by atoms with E-state index in [1.807, 2.05) is 0 Å². The van der Waals surface area contributed by atoms with E-state index in [4.69, 9.17) is 4.98 Å². The number of thioether (sulfide) groups is 1. The van der Waals surface area contributed by atoms with E-state index < -0.39 is 0 Å². The maximum absolute atomic E-state index is 4.77. The van der Waals surface area contributed by atoms with Crippen LogP contribution in [0.3, 0.4) is 0 Å². The smallest absolute Gasteiger partial charge is 0.185 e. The van der Waals surface area contributed by atoms with Crippen LogP contribution < -0.4 is 10.2 Å². The molecule has 5 heteroatoms. The molecule has 19 heavy (non-hydrogen) atoms. The molecule has 1 aromatic rings. The van der Waals surface area contributed by atoms with Gasteiger partial charge in [0.25, 0.3) is 0 Å². The first kappa shape index (κ1) is 15.1. The Balaban J connectivity index is 1.89. The SMILES string of the molecule is CC(C)CNCc1csc(N2CCSC(C)(C)C2)n1. The second-order valence-corrected chi connectivity index (χ2v) is 8.81. The maximum atomic E-state index is 4.77. The zero-order valence-electron chi connectivity index (χ0n) is 12.4. The van der Waals surface area contributed by atoms with Gasteiger partial charge in [-0.2, -0.15) is 11.8 Å². The maximum Gasteiger partial charge on any atom is 0.185 e. The second kappa shape index (κ2) is 6.46. The van der Waals surface area contributed by atoms with Crippen LogP contribution in [0.2, 0.25) is 0 Å². The normalized spacial score (nSPS) is 19.1. The monoisotopic (exact) mass is 299 g/mol. The highest BCUT2D eigenvalue weighted by Crippen LogP contribution is 2.33. The van der Waals surface area contributed by atoms with E-state index in [0.717, 1.165) is 26.2 Å². The van der Waals surface area contributed by atoms with Crippen molar-refractivity contribution in [2.24, 2.45) is 5.92 Å². The fourth-order valence-electron chi connectivity index (χ4n) is 2.19. The summed E-state index contributed by atoms with van der Waals surface area (Å²) in [4.78, 5) is 7.21. The fraction of sp³-hybridized carbons (Fsp3) is 0.786. The van der Waals surface area contributed by atoms with Gasteiger partial charge in [0.2, 0.25) is 0 Å². The van der Waals surface area contributed by atoms with Crippen LogP contribution in [0.15, 0.2) is 5.38 Å². The van der Waals surface area contributed by atoms with Gasteiger partial charge in [-0.25, -0.2) is 4.98 Å². The zero-order chi connectivity index (χ0) is 13.9. The van der Waals surface area contributed by atoms with Crippen LogP contribution in [-0.4, -0.2) is 35.1 Å². The van der Waals surface area contributed by atoms with Gasteiger partial charge in [0, 0.05) is 35.5 Å². The van der Waals surface area contributed by atoms with Crippen LogP contribution in [-0.2, 0) is 6.54 Å². The summed E-state index contributed by atoms with van der Waals surface area (Å²) < 4.78 is 0.347. The number of rotatable bonds is 5. The molecule has 1 aliphatic rings. The van der Waals surface area contributed by atoms with Crippen molar-refractivity contribution in [3.05, 3.63) is 11.1 Å². The van der Waals surface area contributed by atoms with Crippen molar-refractivity contribution >= 4 is 28.2 Å². The standard InChI is InChI=1S/C14H25N3S2/c1-11(2)7-15-8-12-9-18-13(16-12)17-5-6-19-14(3,4)10-17/h9,11,15H,5-8,10H2,1-4H3. The highest BCUT2D eigenvalue weighted by Gasteiger charge is 2.28. The lowest BCUT2D eigenvalue weighted by atomic mass is 10.2. The molecule has 0 spiro atoms. The van der Waals surface area contributed by atoms with Crippen LogP contribution >= 0.6 is 23.1 Å². The Bertz CT molecular complexity index is 401. The number of aromatic nitrogens is 1. The number of anilines is 1. The van der Waals surface area contributed by atoms with Crippen molar-refractivity contribution in [1.82, 2.24) is 10.3 Å². The molecule has 2 rings (SSSR count). The van der Waals surface area contributed by atoms with Crippen molar-refractivity contribution in [1.29, 1.82) is 0 Å². The predicted molar refractivity (Wildman–Crippen MR) is 87.4 cm³/mol. The van der Waals surface area contributed by atoms with Gasteiger partial charge in [-0.3, -0.25) is 0 Å². The predicted octanol–water partition coefficient (Wildman–Crippen LogP) is 3.22. The Labute approximate surface area is 125 Å². The fourth-order valence-corrected chi connectivity index (χ4v) is 4.16. The van der Waals surface area contributed by atoms with Gasteiger partial charge in [0.1, 0.15) is 0 Å². The minimum Gasteiger partial charge on any atom is -0.346 e. The lowest BCUT2D eigenvalue weighted by Gasteiger charge is -2.37. The van der Waals surface area contributed by atoms with Crippen molar-refractivity contribution in [3.8, 4) is 0 Å². The number of hydrogen-bond acceptors (Lipinski definition) is 5. The van der Waals surface area contributed by atoms with Crippen LogP contribution in [0, 0.1) is 5.92 Å². The molecule has 1 N–H and O–H groups in total. The molecule has 3 nitrogen and oxygen atoms in total. The number of nitrogens with one attached hydrogen (secondary N) is 1. The summed E-state index contributed by atoms with van der Waals surface area (Å²) >= 11 is 3.85. The second-order valence-electron chi connectivity index (χ2n) is 6.18. The number of nitrogens with zero attached hydrogens (tertiary/aromatic N) is 2. The highest BCUT2D eigenvalue weighted by atomic mass is 32.2. The summed E-state index contributed by atoms with van der Waals surface area (Å²) in [6.07, 6.45) is 0. The van der Waals surface area contributed by atoms with Crippen molar-refractivity contribution < 1.29 is 0 Å². The van der Waals surface area contributed by atoms with Gasteiger partial charge in [0.05, 0.1) is 5.69 Å². The Hall–Kier alpha value is -0.260. The Kier molecular flexibility index (Phi) is 5.15. The van der Waals surface area contributed by atoms with E-state index >= 15 is 0 Å². The van der Waals surface area contributed by atoms with Crippen LogP contribution in [0.25, 0.3) is 0 Å². The van der Waals surface area contributed by atoms with Crippen LogP contribution in [0.4, 0.5) is 5.13 Å². The quantitative estimate of drug-likeness (QED) is 0.903. The van der Waals surface area contributed by atoms with Crippen molar-refractivity contribution in [3.63, 3.8) is 0 Å². The first-order valence-corrected chi connectivity index (χ1v) is 8.87. The average Bonchev–Trinajstić information content (AvgIpc) is 2.76. The number of hydrogen-bond donors (Lipinski definition) is 1. The van der Waals surface area contributed by atoms with Crippen molar-refractivity contribution in [2.45, 2.75) is 39.0 Å². The lowest BCUT2D eigenvalue weighted by Crippen LogP contribution is -2.43. The summed E-state index contributed by atoms with van der Waals surface area (Å²) in [5.41, 5.74) is 1.18. The molecule has 0 atom stereocenters. The van der Waals surface area contributed by atoms with Crippen LogP contribution in [0.1, 0.15) is 33.4 Å². The Morgan fingerprint density at radius 2 is 2.26 bits per heavy atom. The van der Waals surface area contributed by atoms with E-state index in [2.05, 4.69) is 55.1 Å². The van der Waals surface area contributed by atoms with Gasteiger partial charge in [0.15, 0.2) is 5.13 Å². The third-order valence-corrected chi connectivity index (χ3v) is 5.34. The summed E-state index contributed by atoms with van der Waals surface area (Å²) in [7, 11) is 0. The van der Waals surface area contributed by atoms with E-state index in [1.165, 1.54) is 16.6 Å². The molecule has 0 bridgehead atoms. The molecule has 0 aliphatic carbocycles. The summed E-state index contributed by atoms with van der Waals surface area (Å²) in [6, 6.07) is 0. The molecular weight excluding hydrogens is 274 g/mol. The third-order valence-electron chi connectivity index (χ3n) is 3.09. The summed E-state index contributed by atoms with van der Waals surface area (Å²) in [6.45, 7) is 13.3. The lowest BCUT2D eigenvalue weighted by molar-refractivity contribution is 0.548. The molecule has 0 radical (unpaired) electrons. The topological polar surface area (TPSA) is 28.2 Å². The van der Waals surface area contributed by atoms with E-state index in [-0.39, 0.29) is 0 Å². The Morgan fingerprint density at radius 1 is 1.47 bits per heavy atom. The van der Waals surface area contributed by atoms with Gasteiger partial charge >= 0.3 is 0 Å². The van der Waals surface area contributed by atoms with Gasteiger partial charge in [-0.05, 0) is 26.3 Å². The molecule has 108 valence electrons. The molecule has 1 aromatic heterocycles. The Morgan fingerprint density at radius 3 is 2.95 bits per heavy atom. The summed E-state index contributed by atoms with van der Waals surface area (Å²) in [5, 5.41) is 6.84. The van der Waals surface area contributed by atoms with Gasteiger partial charge in [-0.15, -0.1) is 11.3 Å². The molecule has 1 aliphatic heterocycles. The first-order chi connectivity index (χ1) is 8.96. The molecule has 1 saturated heterocycles. The molecule has 0 aromatic carbocycles. The third kappa shape index (κ3) is 4.65. The van der Waals surface area contributed by atoms with E-state index in [0.29, 0.717) is 10.7 Å². The summed E-state index contributed by atoms with van der Waals surface area (Å²) in [5.74, 6) is 1.89. The minimum absolute atomic E-state index is 0.347.